The van der Waals surface area contributed by atoms with Gasteiger partial charge in [0, 0.05) is 19.0 Å². The number of ketones is 1. The Kier molecular flexibility index (Phi) is 8.14. The molecule has 1 aromatic rings. The minimum absolute atomic E-state index is 0.0149. The van der Waals surface area contributed by atoms with E-state index in [0.29, 0.717) is 25.3 Å². The van der Waals surface area contributed by atoms with E-state index in [1.54, 1.807) is 11.8 Å². The molecular formula is C21H33NO3. The molecule has 0 saturated heterocycles. The van der Waals surface area contributed by atoms with Gasteiger partial charge in [-0.25, -0.2) is 4.79 Å². The van der Waals surface area contributed by atoms with Crippen molar-refractivity contribution in [1.82, 2.24) is 4.90 Å². The molecule has 0 N–H and O–H groups in total. The van der Waals surface area contributed by atoms with Crippen LogP contribution in [0.3, 0.4) is 0 Å². The third kappa shape index (κ3) is 8.71. The predicted molar refractivity (Wildman–Crippen MR) is 101 cm³/mol. The van der Waals surface area contributed by atoms with Gasteiger partial charge in [0.2, 0.25) is 0 Å². The van der Waals surface area contributed by atoms with Crippen LogP contribution in [0.1, 0.15) is 66.4 Å². The molecule has 4 heteroatoms. The number of amides is 1. The van der Waals surface area contributed by atoms with Gasteiger partial charge in [-0.1, -0.05) is 44.2 Å². The van der Waals surface area contributed by atoms with E-state index in [1.165, 1.54) is 0 Å². The third-order valence-electron chi connectivity index (χ3n) is 3.84. The zero-order chi connectivity index (χ0) is 19.0. The van der Waals surface area contributed by atoms with Crippen molar-refractivity contribution >= 4 is 11.9 Å². The molecular weight excluding hydrogens is 314 g/mol. The normalized spacial score (nSPS) is 12.8. The average molecular weight is 347 g/mol. The molecule has 0 aliphatic rings. The van der Waals surface area contributed by atoms with Crippen molar-refractivity contribution < 1.29 is 14.3 Å². The molecule has 0 aliphatic heterocycles. The lowest BCUT2D eigenvalue weighted by atomic mass is 9.97. The minimum Gasteiger partial charge on any atom is -0.444 e. The van der Waals surface area contributed by atoms with Gasteiger partial charge in [-0.2, -0.15) is 0 Å². The largest absolute Gasteiger partial charge is 0.444 e. The molecule has 1 atom stereocenters. The maximum absolute atomic E-state index is 12.8. The van der Waals surface area contributed by atoms with Gasteiger partial charge >= 0.3 is 6.09 Å². The number of hydrogen-bond donors (Lipinski definition) is 0. The molecule has 25 heavy (non-hydrogen) atoms. The number of Topliss-reactive ketones (excluding diaryl/α,β-unsaturated/α-hetero) is 1. The van der Waals surface area contributed by atoms with Gasteiger partial charge in [0.1, 0.15) is 11.4 Å². The van der Waals surface area contributed by atoms with Crippen LogP contribution >= 0.6 is 0 Å². The first kappa shape index (κ1) is 21.2. The number of ether oxygens (including phenoxy) is 1. The first-order valence-electron chi connectivity index (χ1n) is 9.11. The number of hydrogen-bond acceptors (Lipinski definition) is 3. The maximum Gasteiger partial charge on any atom is 0.410 e. The molecule has 0 spiro atoms. The minimum atomic E-state index is -0.547. The van der Waals surface area contributed by atoms with E-state index >= 15 is 0 Å². The summed E-state index contributed by atoms with van der Waals surface area (Å²) < 4.78 is 5.64. The monoisotopic (exact) mass is 347 g/mol. The Morgan fingerprint density at radius 1 is 1.12 bits per heavy atom. The van der Waals surface area contributed by atoms with Crippen LogP contribution in [0.15, 0.2) is 30.3 Å². The van der Waals surface area contributed by atoms with Gasteiger partial charge in [0.05, 0.1) is 0 Å². The van der Waals surface area contributed by atoms with Crippen LogP contribution in [0.25, 0.3) is 0 Å². The van der Waals surface area contributed by atoms with E-state index in [2.05, 4.69) is 13.8 Å². The van der Waals surface area contributed by atoms with E-state index in [1.807, 2.05) is 51.1 Å². The highest BCUT2D eigenvalue weighted by molar-refractivity contribution is 5.75. The van der Waals surface area contributed by atoms with E-state index in [-0.39, 0.29) is 17.9 Å². The zero-order valence-corrected chi connectivity index (χ0v) is 16.5. The van der Waals surface area contributed by atoms with Crippen molar-refractivity contribution in [2.45, 2.75) is 79.0 Å². The molecule has 1 rings (SSSR count). The molecule has 1 aromatic carbocycles. The second-order valence-corrected chi connectivity index (χ2v) is 8.12. The smallest absolute Gasteiger partial charge is 0.410 e. The van der Waals surface area contributed by atoms with Crippen LogP contribution in [-0.4, -0.2) is 28.4 Å². The predicted octanol–water partition coefficient (Wildman–Crippen LogP) is 5.21. The molecule has 0 radical (unpaired) electrons. The zero-order valence-electron chi connectivity index (χ0n) is 16.5. The van der Waals surface area contributed by atoms with Crippen LogP contribution in [0.5, 0.6) is 0 Å². The second kappa shape index (κ2) is 9.59. The third-order valence-corrected chi connectivity index (χ3v) is 3.84. The molecule has 0 bridgehead atoms. The molecule has 0 heterocycles. The highest BCUT2D eigenvalue weighted by atomic mass is 16.6. The Bertz CT molecular complexity index is 546. The Morgan fingerprint density at radius 3 is 2.20 bits per heavy atom. The van der Waals surface area contributed by atoms with Gasteiger partial charge in [-0.05, 0) is 52.0 Å². The molecule has 4 nitrogen and oxygen atoms in total. The summed E-state index contributed by atoms with van der Waals surface area (Å²) in [6.45, 7) is 12.0. The first-order chi connectivity index (χ1) is 11.6. The molecule has 0 aromatic heterocycles. The van der Waals surface area contributed by atoms with Crippen LogP contribution in [0.2, 0.25) is 0 Å². The number of nitrogens with zero attached hydrogens (tertiary/aromatic N) is 1. The maximum atomic E-state index is 12.8. The summed E-state index contributed by atoms with van der Waals surface area (Å²) >= 11 is 0. The Labute approximate surface area is 152 Å². The van der Waals surface area contributed by atoms with Crippen LogP contribution in [0.4, 0.5) is 4.79 Å². The highest BCUT2D eigenvalue weighted by Gasteiger charge is 2.29. The average Bonchev–Trinajstić information content (AvgIpc) is 2.48. The fourth-order valence-corrected chi connectivity index (χ4v) is 2.76. The standard InChI is InChI=1S/C21H33NO3/c1-16(2)14-19(13-12-17(3)23)22(20(24)25-21(4,5)6)15-18-10-8-7-9-11-18/h7-11,16,19H,12-15H2,1-6H3/t19-/m1/s1. The van der Waals surface area contributed by atoms with Gasteiger partial charge in [0.25, 0.3) is 0 Å². The molecule has 1 amide bonds. The van der Waals surface area contributed by atoms with Crippen molar-refractivity contribution in [3.63, 3.8) is 0 Å². The fraction of sp³-hybridized carbons (Fsp3) is 0.619. The lowest BCUT2D eigenvalue weighted by Gasteiger charge is -2.34. The Hall–Kier alpha value is -1.84. The SMILES string of the molecule is CC(=O)CC[C@H](CC(C)C)N(Cc1ccccc1)C(=O)OC(C)(C)C. The van der Waals surface area contributed by atoms with Crippen molar-refractivity contribution in [1.29, 1.82) is 0 Å². The van der Waals surface area contributed by atoms with Crippen molar-refractivity contribution in [3.8, 4) is 0 Å². The number of benzene rings is 1. The summed E-state index contributed by atoms with van der Waals surface area (Å²) in [5.74, 6) is 0.579. The van der Waals surface area contributed by atoms with Crippen LogP contribution in [-0.2, 0) is 16.1 Å². The molecule has 0 fully saturated rings. The Morgan fingerprint density at radius 2 is 1.72 bits per heavy atom. The fourth-order valence-electron chi connectivity index (χ4n) is 2.76. The molecule has 0 unspecified atom stereocenters. The van der Waals surface area contributed by atoms with E-state index in [4.69, 9.17) is 4.74 Å². The van der Waals surface area contributed by atoms with E-state index < -0.39 is 5.60 Å². The van der Waals surface area contributed by atoms with Gasteiger partial charge in [0.15, 0.2) is 0 Å². The van der Waals surface area contributed by atoms with Gasteiger partial charge < -0.3 is 14.4 Å². The molecule has 0 aliphatic carbocycles. The number of carbonyl (C=O) groups excluding carboxylic acids is 2. The lowest BCUT2D eigenvalue weighted by molar-refractivity contribution is -0.117. The quantitative estimate of drug-likeness (QED) is 0.648. The summed E-state index contributed by atoms with van der Waals surface area (Å²) in [4.78, 5) is 26.1. The number of rotatable bonds is 8. The van der Waals surface area contributed by atoms with Crippen molar-refractivity contribution in [2.75, 3.05) is 0 Å². The van der Waals surface area contributed by atoms with Gasteiger partial charge in [-0.3, -0.25) is 0 Å². The van der Waals surface area contributed by atoms with E-state index in [9.17, 15) is 9.59 Å². The van der Waals surface area contributed by atoms with Crippen LogP contribution < -0.4 is 0 Å². The topological polar surface area (TPSA) is 46.6 Å². The van der Waals surface area contributed by atoms with Crippen LogP contribution in [0, 0.1) is 5.92 Å². The summed E-state index contributed by atoms with van der Waals surface area (Å²) in [5, 5.41) is 0. The Balaban J connectivity index is 3.05. The second-order valence-electron chi connectivity index (χ2n) is 8.12. The summed E-state index contributed by atoms with van der Waals surface area (Å²) in [7, 11) is 0. The van der Waals surface area contributed by atoms with Crippen molar-refractivity contribution in [2.24, 2.45) is 5.92 Å². The lowest BCUT2D eigenvalue weighted by Crippen LogP contribution is -2.43. The summed E-state index contributed by atoms with van der Waals surface area (Å²) in [6, 6.07) is 9.90. The first-order valence-corrected chi connectivity index (χ1v) is 9.11. The summed E-state index contributed by atoms with van der Waals surface area (Å²) in [5.41, 5.74) is 0.513. The molecule has 140 valence electrons. The molecule has 0 saturated carbocycles. The van der Waals surface area contributed by atoms with E-state index in [0.717, 1.165) is 12.0 Å². The van der Waals surface area contributed by atoms with Gasteiger partial charge in [-0.15, -0.1) is 0 Å². The van der Waals surface area contributed by atoms with Crippen molar-refractivity contribution in [3.05, 3.63) is 35.9 Å². The number of carbonyl (C=O) groups is 2. The highest BCUT2D eigenvalue weighted by Crippen LogP contribution is 2.22. The summed E-state index contributed by atoms with van der Waals surface area (Å²) in [6.07, 6.45) is 1.68.